The molecule has 114 valence electrons. The van der Waals surface area contributed by atoms with Crippen LogP contribution in [0.5, 0.6) is 0 Å². The van der Waals surface area contributed by atoms with Gasteiger partial charge in [0.1, 0.15) is 0 Å². The third kappa shape index (κ3) is 3.39. The van der Waals surface area contributed by atoms with Crippen molar-refractivity contribution in [1.82, 2.24) is 4.90 Å². The second-order valence-corrected chi connectivity index (χ2v) is 5.66. The van der Waals surface area contributed by atoms with Gasteiger partial charge in [0.25, 0.3) is 5.69 Å². The van der Waals surface area contributed by atoms with E-state index < -0.39 is 4.92 Å². The molecule has 0 aliphatic carbocycles. The molecule has 0 N–H and O–H groups in total. The number of nitro groups is 1. The summed E-state index contributed by atoms with van der Waals surface area (Å²) < 4.78 is 0. The highest BCUT2D eigenvalue weighted by Crippen LogP contribution is 2.29. The molecule has 1 aromatic carbocycles. The van der Waals surface area contributed by atoms with E-state index in [1.165, 1.54) is 19.1 Å². The van der Waals surface area contributed by atoms with Gasteiger partial charge in [-0.1, -0.05) is 0 Å². The lowest BCUT2D eigenvalue weighted by atomic mass is 10.0. The number of carbonyl (C=O) groups excluding carboxylic acids is 1. The monoisotopic (exact) mass is 291 g/mol. The number of non-ortho nitro benzene ring substituents is 1. The molecule has 1 aliphatic rings. The average molecular weight is 291 g/mol. The van der Waals surface area contributed by atoms with E-state index >= 15 is 0 Å². The predicted octanol–water partition coefficient (Wildman–Crippen LogP) is 2.33. The summed E-state index contributed by atoms with van der Waals surface area (Å²) in [5, 5.41) is 10.9. The van der Waals surface area contributed by atoms with Gasteiger partial charge in [0, 0.05) is 36.5 Å². The number of likely N-dealkylation sites (tertiary alicyclic amines) is 1. The van der Waals surface area contributed by atoms with Crippen molar-refractivity contribution < 1.29 is 9.72 Å². The number of hydrogen-bond acceptors (Lipinski definition) is 5. The van der Waals surface area contributed by atoms with Crippen LogP contribution >= 0.6 is 0 Å². The standard InChI is InChI=1S/C15H21N3O3/c1-11(19)14-10-13(18(20)21)4-5-15(14)17(3)12-6-8-16(2)9-7-12/h4-5,10,12H,6-9H2,1-3H3. The number of ketones is 1. The molecule has 0 amide bonds. The Bertz CT molecular complexity index is 551. The van der Waals surface area contributed by atoms with Crippen molar-refractivity contribution in [2.45, 2.75) is 25.8 Å². The van der Waals surface area contributed by atoms with Gasteiger partial charge in [-0.25, -0.2) is 0 Å². The average Bonchev–Trinajstić information content (AvgIpc) is 2.46. The number of benzene rings is 1. The Morgan fingerprint density at radius 1 is 1.38 bits per heavy atom. The van der Waals surface area contributed by atoms with Crippen molar-refractivity contribution >= 4 is 17.2 Å². The zero-order valence-corrected chi connectivity index (χ0v) is 12.7. The van der Waals surface area contributed by atoms with E-state index in [1.807, 2.05) is 7.05 Å². The van der Waals surface area contributed by atoms with Crippen molar-refractivity contribution in [3.8, 4) is 0 Å². The first kappa shape index (κ1) is 15.4. The molecule has 21 heavy (non-hydrogen) atoms. The van der Waals surface area contributed by atoms with E-state index in [9.17, 15) is 14.9 Å². The van der Waals surface area contributed by atoms with Crippen LogP contribution in [-0.2, 0) is 0 Å². The molecule has 0 atom stereocenters. The number of piperidine rings is 1. The van der Waals surface area contributed by atoms with Gasteiger partial charge in [0.15, 0.2) is 5.78 Å². The number of Topliss-reactive ketones (excluding diaryl/α,β-unsaturated/α-hetero) is 1. The first-order valence-corrected chi connectivity index (χ1v) is 7.11. The molecule has 0 aromatic heterocycles. The van der Waals surface area contributed by atoms with Crippen molar-refractivity contribution in [1.29, 1.82) is 0 Å². The molecule has 1 aromatic rings. The molecule has 1 saturated heterocycles. The smallest absolute Gasteiger partial charge is 0.270 e. The molecule has 0 saturated carbocycles. The van der Waals surface area contributed by atoms with Gasteiger partial charge >= 0.3 is 0 Å². The summed E-state index contributed by atoms with van der Waals surface area (Å²) in [7, 11) is 4.06. The number of nitrogens with zero attached hydrogens (tertiary/aromatic N) is 3. The fraction of sp³-hybridized carbons (Fsp3) is 0.533. The van der Waals surface area contributed by atoms with Crippen molar-refractivity contribution in [3.63, 3.8) is 0 Å². The van der Waals surface area contributed by atoms with Crippen LogP contribution in [0.2, 0.25) is 0 Å². The number of carbonyl (C=O) groups is 1. The highest BCUT2D eigenvalue weighted by molar-refractivity contribution is 6.00. The summed E-state index contributed by atoms with van der Waals surface area (Å²) in [5.41, 5.74) is 1.16. The van der Waals surface area contributed by atoms with Crippen LogP contribution in [0, 0.1) is 10.1 Å². The van der Waals surface area contributed by atoms with Crippen LogP contribution in [0.25, 0.3) is 0 Å². The maximum absolute atomic E-state index is 11.8. The predicted molar refractivity (Wildman–Crippen MR) is 82.0 cm³/mol. The molecular weight excluding hydrogens is 270 g/mol. The van der Waals surface area contributed by atoms with Crippen LogP contribution in [0.1, 0.15) is 30.1 Å². The zero-order chi connectivity index (χ0) is 15.6. The zero-order valence-electron chi connectivity index (χ0n) is 12.7. The minimum absolute atomic E-state index is 0.0410. The molecule has 0 unspecified atom stereocenters. The normalized spacial score (nSPS) is 16.7. The molecular formula is C15H21N3O3. The van der Waals surface area contributed by atoms with Crippen LogP contribution in [0.4, 0.5) is 11.4 Å². The Morgan fingerprint density at radius 2 is 2.00 bits per heavy atom. The van der Waals surface area contributed by atoms with Gasteiger partial charge in [0.2, 0.25) is 0 Å². The van der Waals surface area contributed by atoms with E-state index in [4.69, 9.17) is 0 Å². The molecule has 6 nitrogen and oxygen atoms in total. The Balaban J connectivity index is 2.29. The SMILES string of the molecule is CC(=O)c1cc([N+](=O)[O-])ccc1N(C)C1CCN(C)CC1. The first-order chi connectivity index (χ1) is 9.90. The molecule has 1 heterocycles. The maximum Gasteiger partial charge on any atom is 0.270 e. The number of rotatable bonds is 4. The molecule has 1 fully saturated rings. The van der Waals surface area contributed by atoms with E-state index in [0.29, 0.717) is 11.6 Å². The minimum atomic E-state index is -0.466. The summed E-state index contributed by atoms with van der Waals surface area (Å²) in [6.45, 7) is 3.50. The van der Waals surface area contributed by atoms with Crippen molar-refractivity contribution in [3.05, 3.63) is 33.9 Å². The lowest BCUT2D eigenvalue weighted by molar-refractivity contribution is -0.384. The van der Waals surface area contributed by atoms with Gasteiger partial charge in [-0.05, 0) is 46.0 Å². The largest absolute Gasteiger partial charge is 0.371 e. The van der Waals surface area contributed by atoms with Crippen LogP contribution in [0.3, 0.4) is 0 Å². The van der Waals surface area contributed by atoms with Gasteiger partial charge in [0.05, 0.1) is 4.92 Å². The molecule has 6 heteroatoms. The van der Waals surface area contributed by atoms with Crippen molar-refractivity contribution in [2.75, 3.05) is 32.1 Å². The Hall–Kier alpha value is -1.95. The fourth-order valence-corrected chi connectivity index (χ4v) is 2.81. The van der Waals surface area contributed by atoms with E-state index in [0.717, 1.165) is 31.6 Å². The highest BCUT2D eigenvalue weighted by Gasteiger charge is 2.24. The molecule has 0 bridgehead atoms. The van der Waals surface area contributed by atoms with Crippen LogP contribution in [0.15, 0.2) is 18.2 Å². The van der Waals surface area contributed by atoms with Crippen LogP contribution < -0.4 is 4.90 Å². The quantitative estimate of drug-likeness (QED) is 0.484. The number of anilines is 1. The molecule has 1 aliphatic heterocycles. The van der Waals surface area contributed by atoms with Gasteiger partial charge in [-0.15, -0.1) is 0 Å². The summed E-state index contributed by atoms with van der Waals surface area (Å²) in [6, 6.07) is 4.89. The summed E-state index contributed by atoms with van der Waals surface area (Å²) >= 11 is 0. The van der Waals surface area contributed by atoms with Crippen LogP contribution in [-0.4, -0.2) is 48.8 Å². The van der Waals surface area contributed by atoms with E-state index in [-0.39, 0.29) is 11.5 Å². The summed E-state index contributed by atoms with van der Waals surface area (Å²) in [4.78, 5) is 26.6. The topological polar surface area (TPSA) is 66.7 Å². The highest BCUT2D eigenvalue weighted by atomic mass is 16.6. The first-order valence-electron chi connectivity index (χ1n) is 7.11. The third-order valence-corrected chi connectivity index (χ3v) is 4.19. The lowest BCUT2D eigenvalue weighted by Gasteiger charge is -2.37. The Kier molecular flexibility index (Phi) is 4.57. The van der Waals surface area contributed by atoms with Gasteiger partial charge in [-0.2, -0.15) is 0 Å². The Labute approximate surface area is 124 Å². The van der Waals surface area contributed by atoms with Gasteiger partial charge < -0.3 is 9.80 Å². The maximum atomic E-state index is 11.8. The lowest BCUT2D eigenvalue weighted by Crippen LogP contribution is -2.42. The van der Waals surface area contributed by atoms with E-state index in [1.54, 1.807) is 6.07 Å². The fourth-order valence-electron chi connectivity index (χ4n) is 2.81. The van der Waals surface area contributed by atoms with Gasteiger partial charge in [-0.3, -0.25) is 14.9 Å². The molecule has 0 spiro atoms. The molecule has 0 radical (unpaired) electrons. The number of hydrogen-bond donors (Lipinski definition) is 0. The Morgan fingerprint density at radius 3 is 2.52 bits per heavy atom. The summed E-state index contributed by atoms with van der Waals surface area (Å²) in [5.74, 6) is -0.145. The minimum Gasteiger partial charge on any atom is -0.371 e. The van der Waals surface area contributed by atoms with Crippen molar-refractivity contribution in [2.24, 2.45) is 0 Å². The summed E-state index contributed by atoms with van der Waals surface area (Å²) in [6.07, 6.45) is 2.06. The third-order valence-electron chi connectivity index (χ3n) is 4.19. The number of nitro benzene ring substituents is 1. The second kappa shape index (κ2) is 6.22. The molecule has 2 rings (SSSR count). The van der Waals surface area contributed by atoms with E-state index in [2.05, 4.69) is 16.8 Å². The second-order valence-electron chi connectivity index (χ2n) is 5.66.